The Morgan fingerprint density at radius 1 is 1.42 bits per heavy atom. The molecule has 3 heteroatoms. The van der Waals surface area contributed by atoms with Gasteiger partial charge in [-0.1, -0.05) is 13.8 Å². The molecule has 0 heterocycles. The third kappa shape index (κ3) is 1.46. The highest BCUT2D eigenvalue weighted by molar-refractivity contribution is 5.85. The first-order valence-electron chi connectivity index (χ1n) is 4.41. The molecule has 0 bridgehead atoms. The molecule has 0 aliphatic heterocycles. The fourth-order valence-electron chi connectivity index (χ4n) is 2.09. The van der Waals surface area contributed by atoms with Crippen LogP contribution in [0, 0.1) is 5.41 Å². The summed E-state index contributed by atoms with van der Waals surface area (Å²) in [6, 6.07) is 0. The molecule has 0 radical (unpaired) electrons. The summed E-state index contributed by atoms with van der Waals surface area (Å²) < 4.78 is 0. The number of likely N-dealkylation sites (N-methyl/N-ethyl adjacent to an activating group) is 1. The SMILES string of the molecule is CNC1(C(N)=O)CCC(C)(C)C1. The van der Waals surface area contributed by atoms with Crippen molar-refractivity contribution in [2.45, 2.75) is 38.6 Å². The standard InChI is InChI=1S/C9H18N2O/c1-8(2)4-5-9(6-8,11-3)7(10)12/h11H,4-6H2,1-3H3,(H2,10,12). The van der Waals surface area contributed by atoms with E-state index in [1.54, 1.807) is 0 Å². The van der Waals surface area contributed by atoms with E-state index in [0.29, 0.717) is 0 Å². The normalized spacial score (nSPS) is 33.6. The van der Waals surface area contributed by atoms with Crippen LogP contribution in [0.5, 0.6) is 0 Å². The van der Waals surface area contributed by atoms with Gasteiger partial charge in [0.2, 0.25) is 5.91 Å². The topological polar surface area (TPSA) is 55.1 Å². The predicted octanol–water partition coefficient (Wildman–Crippen LogP) is 0.640. The highest BCUT2D eigenvalue weighted by Crippen LogP contribution is 2.43. The second-order valence-electron chi connectivity index (χ2n) is 4.54. The number of amides is 1. The number of carbonyl (C=O) groups excluding carboxylic acids is 1. The molecule has 12 heavy (non-hydrogen) atoms. The molecule has 1 aliphatic carbocycles. The van der Waals surface area contributed by atoms with Crippen molar-refractivity contribution in [2.24, 2.45) is 11.1 Å². The molecule has 1 unspecified atom stereocenters. The smallest absolute Gasteiger partial charge is 0.237 e. The monoisotopic (exact) mass is 170 g/mol. The maximum Gasteiger partial charge on any atom is 0.237 e. The lowest BCUT2D eigenvalue weighted by Crippen LogP contribution is -2.52. The Labute approximate surface area is 73.7 Å². The summed E-state index contributed by atoms with van der Waals surface area (Å²) in [5.74, 6) is -0.212. The van der Waals surface area contributed by atoms with E-state index in [4.69, 9.17) is 5.73 Å². The third-order valence-corrected chi connectivity index (χ3v) is 2.96. The Morgan fingerprint density at radius 3 is 2.17 bits per heavy atom. The van der Waals surface area contributed by atoms with Gasteiger partial charge in [0.15, 0.2) is 0 Å². The molecule has 0 aromatic carbocycles. The molecular formula is C9H18N2O. The second kappa shape index (κ2) is 2.73. The van der Waals surface area contributed by atoms with Gasteiger partial charge >= 0.3 is 0 Å². The van der Waals surface area contributed by atoms with Crippen LogP contribution in [0.25, 0.3) is 0 Å². The average Bonchev–Trinajstić information content (AvgIpc) is 2.27. The Kier molecular flexibility index (Phi) is 2.17. The number of carbonyl (C=O) groups is 1. The molecule has 0 aromatic rings. The summed E-state index contributed by atoms with van der Waals surface area (Å²) in [5.41, 5.74) is 5.17. The zero-order valence-electron chi connectivity index (χ0n) is 8.11. The van der Waals surface area contributed by atoms with Crippen LogP contribution < -0.4 is 11.1 Å². The van der Waals surface area contributed by atoms with Gasteiger partial charge in [-0.05, 0) is 31.7 Å². The van der Waals surface area contributed by atoms with Gasteiger partial charge in [0.1, 0.15) is 0 Å². The summed E-state index contributed by atoms with van der Waals surface area (Å²) in [4.78, 5) is 11.2. The summed E-state index contributed by atoms with van der Waals surface area (Å²) >= 11 is 0. The van der Waals surface area contributed by atoms with Gasteiger partial charge in [-0.3, -0.25) is 4.79 Å². The Hall–Kier alpha value is -0.570. The minimum Gasteiger partial charge on any atom is -0.368 e. The zero-order valence-corrected chi connectivity index (χ0v) is 8.11. The maximum atomic E-state index is 11.2. The van der Waals surface area contributed by atoms with E-state index in [2.05, 4.69) is 19.2 Å². The molecule has 3 nitrogen and oxygen atoms in total. The highest BCUT2D eigenvalue weighted by atomic mass is 16.1. The molecule has 0 spiro atoms. The number of nitrogens with two attached hydrogens (primary N) is 1. The molecule has 0 aromatic heterocycles. The Morgan fingerprint density at radius 2 is 2.00 bits per heavy atom. The summed E-state index contributed by atoms with van der Waals surface area (Å²) in [7, 11) is 1.81. The quantitative estimate of drug-likeness (QED) is 0.639. The molecule has 1 amide bonds. The molecule has 3 N–H and O–H groups in total. The van der Waals surface area contributed by atoms with E-state index in [1.165, 1.54) is 0 Å². The maximum absolute atomic E-state index is 11.2. The van der Waals surface area contributed by atoms with E-state index >= 15 is 0 Å². The van der Waals surface area contributed by atoms with Crippen molar-refractivity contribution in [3.8, 4) is 0 Å². The van der Waals surface area contributed by atoms with Crippen LogP contribution in [0.2, 0.25) is 0 Å². The average molecular weight is 170 g/mol. The van der Waals surface area contributed by atoms with Gasteiger partial charge in [-0.2, -0.15) is 0 Å². The third-order valence-electron chi connectivity index (χ3n) is 2.96. The fraction of sp³-hybridized carbons (Fsp3) is 0.889. The van der Waals surface area contributed by atoms with Crippen LogP contribution in [0.1, 0.15) is 33.1 Å². The molecule has 0 saturated heterocycles. The molecule has 70 valence electrons. The van der Waals surface area contributed by atoms with Crippen LogP contribution in [-0.4, -0.2) is 18.5 Å². The van der Waals surface area contributed by atoms with Crippen molar-refractivity contribution in [1.82, 2.24) is 5.32 Å². The van der Waals surface area contributed by atoms with E-state index in [-0.39, 0.29) is 11.3 Å². The van der Waals surface area contributed by atoms with Crippen LogP contribution >= 0.6 is 0 Å². The summed E-state index contributed by atoms with van der Waals surface area (Å²) in [6.07, 6.45) is 2.79. The first-order chi connectivity index (χ1) is 5.42. The summed E-state index contributed by atoms with van der Waals surface area (Å²) in [5, 5.41) is 3.06. The largest absolute Gasteiger partial charge is 0.368 e. The first kappa shape index (κ1) is 9.52. The van der Waals surface area contributed by atoms with Crippen LogP contribution in [0.3, 0.4) is 0 Å². The molecule has 1 atom stereocenters. The van der Waals surface area contributed by atoms with Gasteiger partial charge in [-0.15, -0.1) is 0 Å². The lowest BCUT2D eigenvalue weighted by atomic mass is 9.87. The molecule has 1 saturated carbocycles. The molecule has 1 rings (SSSR count). The van der Waals surface area contributed by atoms with E-state index in [0.717, 1.165) is 19.3 Å². The van der Waals surface area contributed by atoms with Gasteiger partial charge < -0.3 is 11.1 Å². The van der Waals surface area contributed by atoms with Crippen molar-refractivity contribution >= 4 is 5.91 Å². The minimum absolute atomic E-state index is 0.212. The molecular weight excluding hydrogens is 152 g/mol. The number of rotatable bonds is 2. The van der Waals surface area contributed by atoms with Gasteiger partial charge in [0.25, 0.3) is 0 Å². The van der Waals surface area contributed by atoms with Crippen molar-refractivity contribution in [2.75, 3.05) is 7.05 Å². The van der Waals surface area contributed by atoms with Gasteiger partial charge in [0, 0.05) is 0 Å². The van der Waals surface area contributed by atoms with E-state index in [9.17, 15) is 4.79 Å². The van der Waals surface area contributed by atoms with Gasteiger partial charge in [0.05, 0.1) is 5.54 Å². The molecule has 1 aliphatic rings. The van der Waals surface area contributed by atoms with Gasteiger partial charge in [-0.25, -0.2) is 0 Å². The fourth-order valence-corrected chi connectivity index (χ4v) is 2.09. The second-order valence-corrected chi connectivity index (χ2v) is 4.54. The minimum atomic E-state index is -0.441. The lowest BCUT2D eigenvalue weighted by molar-refractivity contribution is -0.124. The zero-order chi connectivity index (χ0) is 9.41. The van der Waals surface area contributed by atoms with Crippen LogP contribution in [0.4, 0.5) is 0 Å². The highest BCUT2D eigenvalue weighted by Gasteiger charge is 2.46. The number of nitrogens with one attached hydrogen (secondary N) is 1. The van der Waals surface area contributed by atoms with E-state index < -0.39 is 5.54 Å². The lowest BCUT2D eigenvalue weighted by Gasteiger charge is -2.26. The molecule has 1 fully saturated rings. The number of hydrogen-bond acceptors (Lipinski definition) is 2. The van der Waals surface area contributed by atoms with Crippen LogP contribution in [-0.2, 0) is 4.79 Å². The Balaban J connectivity index is 2.80. The predicted molar refractivity (Wildman–Crippen MR) is 48.6 cm³/mol. The van der Waals surface area contributed by atoms with Crippen LogP contribution in [0.15, 0.2) is 0 Å². The first-order valence-corrected chi connectivity index (χ1v) is 4.41. The van der Waals surface area contributed by atoms with Crippen molar-refractivity contribution in [1.29, 1.82) is 0 Å². The van der Waals surface area contributed by atoms with Crippen molar-refractivity contribution in [3.05, 3.63) is 0 Å². The van der Waals surface area contributed by atoms with E-state index in [1.807, 2.05) is 7.05 Å². The van der Waals surface area contributed by atoms with Crippen molar-refractivity contribution in [3.63, 3.8) is 0 Å². The summed E-state index contributed by atoms with van der Waals surface area (Å²) in [6.45, 7) is 4.35. The Bertz CT molecular complexity index is 201. The number of primary amides is 1. The van der Waals surface area contributed by atoms with Crippen molar-refractivity contribution < 1.29 is 4.79 Å². The number of hydrogen-bond donors (Lipinski definition) is 2.